The number of carbonyl (C=O) groups excluding carboxylic acids is 1. The van der Waals surface area contributed by atoms with Crippen molar-refractivity contribution in [2.24, 2.45) is 0 Å². The van der Waals surface area contributed by atoms with E-state index in [0.29, 0.717) is 25.3 Å². The maximum absolute atomic E-state index is 12.4. The zero-order chi connectivity index (χ0) is 17.5. The quantitative estimate of drug-likeness (QED) is 0.642. The van der Waals surface area contributed by atoms with Crippen LogP contribution in [0.4, 0.5) is 5.69 Å². The minimum atomic E-state index is -3.57. The van der Waals surface area contributed by atoms with Crippen molar-refractivity contribution >= 4 is 21.6 Å². The highest BCUT2D eigenvalue weighted by Gasteiger charge is 2.21. The molecule has 0 aromatic heterocycles. The van der Waals surface area contributed by atoms with E-state index in [0.717, 1.165) is 6.26 Å². The maximum atomic E-state index is 12.4. The molecular formula is C14H22N2O6S. The van der Waals surface area contributed by atoms with Crippen LogP contribution in [0.1, 0.15) is 16.8 Å². The van der Waals surface area contributed by atoms with Crippen LogP contribution in [0.15, 0.2) is 12.1 Å². The Balaban J connectivity index is 3.17. The molecule has 130 valence electrons. The Bertz CT molecular complexity index is 645. The van der Waals surface area contributed by atoms with Crippen molar-refractivity contribution in [1.29, 1.82) is 0 Å². The van der Waals surface area contributed by atoms with E-state index in [2.05, 4.69) is 10.0 Å². The summed E-state index contributed by atoms with van der Waals surface area (Å²) in [6, 6.07) is 2.94. The lowest BCUT2D eigenvalue weighted by atomic mass is 10.1. The minimum absolute atomic E-state index is 0.0907. The molecule has 0 fully saturated rings. The fourth-order valence-electron chi connectivity index (χ4n) is 1.89. The molecule has 0 unspecified atom stereocenters. The Morgan fingerprint density at radius 2 is 1.87 bits per heavy atom. The third kappa shape index (κ3) is 5.95. The van der Waals surface area contributed by atoms with Gasteiger partial charge in [0.25, 0.3) is 5.91 Å². The van der Waals surface area contributed by atoms with Crippen LogP contribution in [0.5, 0.6) is 11.5 Å². The number of hydrogen-bond donors (Lipinski definition) is 2. The largest absolute Gasteiger partial charge is 0.497 e. The van der Waals surface area contributed by atoms with E-state index >= 15 is 0 Å². The first-order valence-electron chi connectivity index (χ1n) is 6.83. The van der Waals surface area contributed by atoms with Gasteiger partial charge in [-0.25, -0.2) is 8.42 Å². The van der Waals surface area contributed by atoms with Gasteiger partial charge in [-0.15, -0.1) is 0 Å². The molecule has 0 atom stereocenters. The zero-order valence-electron chi connectivity index (χ0n) is 13.6. The number of carbonyl (C=O) groups is 1. The average molecular weight is 346 g/mol. The molecule has 1 amide bonds. The maximum Gasteiger partial charge on any atom is 0.257 e. The van der Waals surface area contributed by atoms with Crippen molar-refractivity contribution in [2.45, 2.75) is 6.42 Å². The highest BCUT2D eigenvalue weighted by atomic mass is 32.2. The van der Waals surface area contributed by atoms with Gasteiger partial charge in [-0.3, -0.25) is 9.52 Å². The van der Waals surface area contributed by atoms with Crippen LogP contribution in [-0.4, -0.2) is 55.1 Å². The number of ether oxygens (including phenoxy) is 3. The Labute approximate surface area is 136 Å². The second-order valence-corrected chi connectivity index (χ2v) is 6.48. The van der Waals surface area contributed by atoms with Crippen molar-refractivity contribution in [1.82, 2.24) is 5.32 Å². The van der Waals surface area contributed by atoms with Gasteiger partial charge in [-0.05, 0) is 6.42 Å². The van der Waals surface area contributed by atoms with E-state index in [4.69, 9.17) is 14.2 Å². The SMILES string of the molecule is COCCCNC(=O)c1c(NS(C)(=O)=O)cc(OC)cc1OC. The highest BCUT2D eigenvalue weighted by molar-refractivity contribution is 7.92. The van der Waals surface area contributed by atoms with Crippen LogP contribution in [0.2, 0.25) is 0 Å². The summed E-state index contributed by atoms with van der Waals surface area (Å²) in [4.78, 5) is 12.4. The number of rotatable bonds is 9. The predicted octanol–water partition coefficient (Wildman–Crippen LogP) is 0.842. The van der Waals surface area contributed by atoms with Crippen molar-refractivity contribution in [3.8, 4) is 11.5 Å². The lowest BCUT2D eigenvalue weighted by Crippen LogP contribution is -2.27. The van der Waals surface area contributed by atoms with E-state index in [9.17, 15) is 13.2 Å². The molecule has 8 nitrogen and oxygen atoms in total. The van der Waals surface area contributed by atoms with E-state index in [1.54, 1.807) is 7.11 Å². The zero-order valence-corrected chi connectivity index (χ0v) is 14.5. The summed E-state index contributed by atoms with van der Waals surface area (Å²) in [6.07, 6.45) is 1.63. The summed E-state index contributed by atoms with van der Waals surface area (Å²) in [5.41, 5.74) is 0.184. The molecule has 0 saturated carbocycles. The summed E-state index contributed by atoms with van der Waals surface area (Å²) < 4.78 is 40.6. The summed E-state index contributed by atoms with van der Waals surface area (Å²) in [7, 11) is 0.822. The molecule has 23 heavy (non-hydrogen) atoms. The van der Waals surface area contributed by atoms with Crippen molar-refractivity contribution in [2.75, 3.05) is 45.5 Å². The van der Waals surface area contributed by atoms with E-state index in [1.807, 2.05) is 0 Å². The molecular weight excluding hydrogens is 324 g/mol. The molecule has 0 bridgehead atoms. The fourth-order valence-corrected chi connectivity index (χ4v) is 2.45. The summed E-state index contributed by atoms with van der Waals surface area (Å²) in [5, 5.41) is 2.70. The lowest BCUT2D eigenvalue weighted by molar-refractivity contribution is 0.0946. The number of amides is 1. The first-order chi connectivity index (χ1) is 10.8. The van der Waals surface area contributed by atoms with Crippen LogP contribution in [0.25, 0.3) is 0 Å². The van der Waals surface area contributed by atoms with Gasteiger partial charge in [0, 0.05) is 32.4 Å². The average Bonchev–Trinajstić information content (AvgIpc) is 2.48. The van der Waals surface area contributed by atoms with Gasteiger partial charge in [0.2, 0.25) is 10.0 Å². The van der Waals surface area contributed by atoms with E-state index in [1.165, 1.54) is 26.4 Å². The predicted molar refractivity (Wildman–Crippen MR) is 86.8 cm³/mol. The fraction of sp³-hybridized carbons (Fsp3) is 0.500. The van der Waals surface area contributed by atoms with Gasteiger partial charge in [0.1, 0.15) is 17.1 Å². The van der Waals surface area contributed by atoms with Gasteiger partial charge in [-0.1, -0.05) is 0 Å². The van der Waals surface area contributed by atoms with Gasteiger partial charge in [0.05, 0.1) is 26.2 Å². The van der Waals surface area contributed by atoms with E-state index in [-0.39, 0.29) is 17.0 Å². The van der Waals surface area contributed by atoms with Crippen LogP contribution < -0.4 is 19.5 Å². The van der Waals surface area contributed by atoms with Crippen molar-refractivity contribution in [3.63, 3.8) is 0 Å². The third-order valence-corrected chi connectivity index (χ3v) is 3.46. The molecule has 1 aromatic rings. The summed E-state index contributed by atoms with van der Waals surface area (Å²) >= 11 is 0. The van der Waals surface area contributed by atoms with Gasteiger partial charge in [-0.2, -0.15) is 0 Å². The standard InChI is InChI=1S/C14H22N2O6S/c1-20-7-5-6-15-14(17)13-11(16-23(4,18)19)8-10(21-2)9-12(13)22-3/h8-9,16H,5-7H2,1-4H3,(H,15,17). The van der Waals surface area contributed by atoms with Gasteiger partial charge < -0.3 is 19.5 Å². The molecule has 0 aliphatic carbocycles. The van der Waals surface area contributed by atoms with Crippen LogP contribution in [0, 0.1) is 0 Å². The first-order valence-corrected chi connectivity index (χ1v) is 8.72. The number of methoxy groups -OCH3 is 3. The number of benzene rings is 1. The Morgan fingerprint density at radius 3 is 2.39 bits per heavy atom. The van der Waals surface area contributed by atoms with Crippen molar-refractivity contribution < 1.29 is 27.4 Å². The molecule has 0 heterocycles. The summed E-state index contributed by atoms with van der Waals surface area (Å²) in [6.45, 7) is 0.897. The molecule has 2 N–H and O–H groups in total. The lowest BCUT2D eigenvalue weighted by Gasteiger charge is -2.16. The summed E-state index contributed by atoms with van der Waals surface area (Å²) in [5.74, 6) is 0.121. The molecule has 1 rings (SSSR count). The van der Waals surface area contributed by atoms with Gasteiger partial charge >= 0.3 is 0 Å². The Morgan fingerprint density at radius 1 is 1.17 bits per heavy atom. The van der Waals surface area contributed by atoms with Crippen LogP contribution >= 0.6 is 0 Å². The molecule has 9 heteroatoms. The number of hydrogen-bond acceptors (Lipinski definition) is 6. The smallest absolute Gasteiger partial charge is 0.257 e. The Hall–Kier alpha value is -2.00. The molecule has 1 aromatic carbocycles. The Kier molecular flexibility index (Phi) is 7.11. The number of nitrogens with one attached hydrogen (secondary N) is 2. The van der Waals surface area contributed by atoms with Gasteiger partial charge in [0.15, 0.2) is 0 Å². The van der Waals surface area contributed by atoms with E-state index < -0.39 is 15.9 Å². The second-order valence-electron chi connectivity index (χ2n) is 4.73. The third-order valence-electron chi connectivity index (χ3n) is 2.86. The molecule has 0 aliphatic rings. The minimum Gasteiger partial charge on any atom is -0.497 e. The van der Waals surface area contributed by atoms with Crippen LogP contribution in [0.3, 0.4) is 0 Å². The molecule has 0 aliphatic heterocycles. The highest BCUT2D eigenvalue weighted by Crippen LogP contribution is 2.32. The topological polar surface area (TPSA) is 103 Å². The normalized spacial score (nSPS) is 11.0. The number of sulfonamides is 1. The van der Waals surface area contributed by atoms with Crippen molar-refractivity contribution in [3.05, 3.63) is 17.7 Å². The first kappa shape index (κ1) is 19.0. The monoisotopic (exact) mass is 346 g/mol. The molecule has 0 spiro atoms. The number of anilines is 1. The second kappa shape index (κ2) is 8.59. The molecule has 0 saturated heterocycles. The molecule has 0 radical (unpaired) electrons. The van der Waals surface area contributed by atoms with Crippen LogP contribution in [-0.2, 0) is 14.8 Å².